The highest BCUT2D eigenvalue weighted by Gasteiger charge is 2.64. The molecule has 0 radical (unpaired) electrons. The highest BCUT2D eigenvalue weighted by molar-refractivity contribution is 6.02. The number of unbranched alkanes of at least 4 members (excludes halogenated alkanes) is 3. The van der Waals surface area contributed by atoms with Gasteiger partial charge in [0, 0.05) is 5.92 Å². The third kappa shape index (κ3) is 2.48. The summed E-state index contributed by atoms with van der Waals surface area (Å²) in [6.45, 7) is 2.17. The molecule has 112 valence electrons. The van der Waals surface area contributed by atoms with E-state index in [1.165, 1.54) is 20.0 Å². The Kier molecular flexibility index (Phi) is 4.84. The maximum absolute atomic E-state index is 12.2. The van der Waals surface area contributed by atoms with Gasteiger partial charge in [-0.3, -0.25) is 9.59 Å². The van der Waals surface area contributed by atoms with Gasteiger partial charge in [-0.1, -0.05) is 32.3 Å². The van der Waals surface area contributed by atoms with Crippen molar-refractivity contribution in [2.45, 2.75) is 58.0 Å². The van der Waals surface area contributed by atoms with Crippen LogP contribution in [0.3, 0.4) is 0 Å². The zero-order chi connectivity index (χ0) is 14.6. The van der Waals surface area contributed by atoms with Crippen LogP contribution in [0.1, 0.15) is 51.9 Å². The van der Waals surface area contributed by atoms with Crippen molar-refractivity contribution < 1.29 is 19.1 Å². The van der Waals surface area contributed by atoms with Crippen LogP contribution >= 0.6 is 0 Å². The van der Waals surface area contributed by atoms with Crippen molar-refractivity contribution in [3.63, 3.8) is 0 Å². The van der Waals surface area contributed by atoms with Crippen molar-refractivity contribution in [1.29, 1.82) is 0 Å². The molecule has 1 heterocycles. The Morgan fingerprint density at radius 2 is 2.30 bits per heavy atom. The lowest BCUT2D eigenvalue weighted by Gasteiger charge is -2.21. The number of rotatable bonds is 6. The minimum Gasteiger partial charge on any atom is -0.468 e. The van der Waals surface area contributed by atoms with Crippen molar-refractivity contribution in [2.24, 2.45) is 11.3 Å². The number of ether oxygens (including phenoxy) is 2. The first-order chi connectivity index (χ1) is 9.66. The second-order valence-corrected chi connectivity index (χ2v) is 5.76. The van der Waals surface area contributed by atoms with Gasteiger partial charge >= 0.3 is 11.9 Å². The largest absolute Gasteiger partial charge is 0.468 e. The van der Waals surface area contributed by atoms with E-state index >= 15 is 0 Å². The fraction of sp³-hybridized carbons (Fsp3) is 0.750. The van der Waals surface area contributed by atoms with Gasteiger partial charge < -0.3 is 9.47 Å². The van der Waals surface area contributed by atoms with E-state index in [9.17, 15) is 9.59 Å². The van der Waals surface area contributed by atoms with E-state index < -0.39 is 17.4 Å². The van der Waals surface area contributed by atoms with Crippen LogP contribution in [0.25, 0.3) is 0 Å². The van der Waals surface area contributed by atoms with Crippen molar-refractivity contribution in [2.75, 3.05) is 7.11 Å². The Labute approximate surface area is 120 Å². The van der Waals surface area contributed by atoms with Gasteiger partial charge in [0.15, 0.2) is 5.41 Å². The molecule has 20 heavy (non-hydrogen) atoms. The molecule has 0 spiro atoms. The highest BCUT2D eigenvalue weighted by atomic mass is 16.6. The molecular formula is C16H24O4. The molecule has 2 rings (SSSR count). The number of cyclic esters (lactones) is 1. The van der Waals surface area contributed by atoms with E-state index in [0.29, 0.717) is 6.42 Å². The van der Waals surface area contributed by atoms with Crippen molar-refractivity contribution in [1.82, 2.24) is 0 Å². The number of allylic oxidation sites excluding steroid dienone is 1. The lowest BCUT2D eigenvalue weighted by atomic mass is 9.77. The smallest absolute Gasteiger partial charge is 0.324 e. The summed E-state index contributed by atoms with van der Waals surface area (Å²) in [6, 6.07) is 0. The van der Waals surface area contributed by atoms with Gasteiger partial charge in [0.1, 0.15) is 6.10 Å². The maximum Gasteiger partial charge on any atom is 0.324 e. The summed E-state index contributed by atoms with van der Waals surface area (Å²) in [6.07, 6.45) is 10.6. The van der Waals surface area contributed by atoms with Gasteiger partial charge in [-0.2, -0.15) is 0 Å². The second kappa shape index (κ2) is 6.42. The first-order valence-electron chi connectivity index (χ1n) is 7.63. The topological polar surface area (TPSA) is 52.6 Å². The second-order valence-electron chi connectivity index (χ2n) is 5.76. The summed E-state index contributed by atoms with van der Waals surface area (Å²) in [7, 11) is 1.34. The minimum absolute atomic E-state index is 0.0510. The van der Waals surface area contributed by atoms with Crippen LogP contribution in [0, 0.1) is 11.3 Å². The summed E-state index contributed by atoms with van der Waals surface area (Å²) in [5.41, 5.74) is -1.03. The summed E-state index contributed by atoms with van der Waals surface area (Å²) in [4.78, 5) is 24.2. The van der Waals surface area contributed by atoms with E-state index in [-0.39, 0.29) is 12.0 Å². The number of carbonyl (C=O) groups is 2. The molecule has 0 bridgehead atoms. The Bertz CT molecular complexity index is 401. The number of methoxy groups -OCH3 is 1. The first kappa shape index (κ1) is 15.1. The average Bonchev–Trinajstić information content (AvgIpc) is 2.99. The van der Waals surface area contributed by atoms with Crippen molar-refractivity contribution in [3.8, 4) is 0 Å². The fourth-order valence-corrected chi connectivity index (χ4v) is 3.48. The molecule has 3 atom stereocenters. The molecule has 0 aromatic heterocycles. The number of hydrogen-bond donors (Lipinski definition) is 0. The monoisotopic (exact) mass is 280 g/mol. The summed E-state index contributed by atoms with van der Waals surface area (Å²) < 4.78 is 10.3. The average molecular weight is 280 g/mol. The molecule has 4 nitrogen and oxygen atoms in total. The van der Waals surface area contributed by atoms with Crippen LogP contribution in [0.2, 0.25) is 0 Å². The van der Waals surface area contributed by atoms with Gasteiger partial charge in [0.05, 0.1) is 7.11 Å². The SMILES string of the molecule is CCCCC/C=C/C1OC(=O)[C@]2(C(=O)OC)CCC[C@H]12. The first-order valence-corrected chi connectivity index (χ1v) is 7.63. The zero-order valence-corrected chi connectivity index (χ0v) is 12.4. The number of fused-ring (bicyclic) bond motifs is 1. The summed E-state index contributed by atoms with van der Waals surface area (Å²) in [5, 5.41) is 0. The molecule has 1 aliphatic carbocycles. The molecule has 0 aromatic rings. The predicted octanol–water partition coefficient (Wildman–Crippen LogP) is 3.01. The lowest BCUT2D eigenvalue weighted by Crippen LogP contribution is -2.39. The van der Waals surface area contributed by atoms with E-state index in [2.05, 4.69) is 13.0 Å². The summed E-state index contributed by atoms with van der Waals surface area (Å²) in [5.74, 6) is -0.869. The Morgan fingerprint density at radius 1 is 1.50 bits per heavy atom. The maximum atomic E-state index is 12.2. The molecule has 0 N–H and O–H groups in total. The van der Waals surface area contributed by atoms with E-state index in [4.69, 9.17) is 9.47 Å². The minimum atomic E-state index is -1.03. The molecule has 0 amide bonds. The van der Waals surface area contributed by atoms with Gasteiger partial charge in [0.25, 0.3) is 0 Å². The molecule has 1 saturated carbocycles. The zero-order valence-electron chi connectivity index (χ0n) is 12.4. The molecule has 1 saturated heterocycles. The molecule has 2 fully saturated rings. The fourth-order valence-electron chi connectivity index (χ4n) is 3.48. The molecule has 1 aliphatic heterocycles. The third-order valence-electron chi connectivity index (χ3n) is 4.57. The standard InChI is InChI=1S/C16H24O4/c1-3-4-5-6-7-10-13-12-9-8-11-16(12,14(17)19-2)15(18)20-13/h7,10,12-13H,3-6,8-9,11H2,1-2H3/b10-7+/t12-,13?,16-/m1/s1. The number of carbonyl (C=O) groups excluding carboxylic acids is 2. The highest BCUT2D eigenvalue weighted by Crippen LogP contribution is 2.52. The molecule has 2 aliphatic rings. The van der Waals surface area contributed by atoms with Gasteiger partial charge in [0.2, 0.25) is 0 Å². The van der Waals surface area contributed by atoms with Gasteiger partial charge in [-0.25, -0.2) is 0 Å². The van der Waals surface area contributed by atoms with Crippen LogP contribution in [-0.4, -0.2) is 25.2 Å². The Hall–Kier alpha value is -1.32. The molecule has 0 aromatic carbocycles. The lowest BCUT2D eigenvalue weighted by molar-refractivity contribution is -0.163. The normalized spacial score (nSPS) is 32.4. The van der Waals surface area contributed by atoms with E-state index in [0.717, 1.165) is 25.7 Å². The van der Waals surface area contributed by atoms with E-state index in [1.807, 2.05) is 6.08 Å². The molecule has 1 unspecified atom stereocenters. The third-order valence-corrected chi connectivity index (χ3v) is 4.57. The Morgan fingerprint density at radius 3 is 3.00 bits per heavy atom. The van der Waals surface area contributed by atoms with Crippen LogP contribution in [0.5, 0.6) is 0 Å². The van der Waals surface area contributed by atoms with E-state index in [1.54, 1.807) is 0 Å². The number of hydrogen-bond acceptors (Lipinski definition) is 4. The quantitative estimate of drug-likeness (QED) is 0.325. The van der Waals surface area contributed by atoms with Crippen LogP contribution < -0.4 is 0 Å². The van der Waals surface area contributed by atoms with Gasteiger partial charge in [-0.05, 0) is 31.8 Å². The van der Waals surface area contributed by atoms with Gasteiger partial charge in [-0.15, -0.1) is 0 Å². The summed E-state index contributed by atoms with van der Waals surface area (Å²) >= 11 is 0. The number of esters is 2. The van der Waals surface area contributed by atoms with Crippen LogP contribution in [0.4, 0.5) is 0 Å². The molecule has 4 heteroatoms. The predicted molar refractivity (Wildman–Crippen MR) is 75.0 cm³/mol. The van der Waals surface area contributed by atoms with Crippen molar-refractivity contribution in [3.05, 3.63) is 12.2 Å². The molecular weight excluding hydrogens is 256 g/mol. The Balaban J connectivity index is 2.04. The van der Waals surface area contributed by atoms with Crippen molar-refractivity contribution >= 4 is 11.9 Å². The van der Waals surface area contributed by atoms with Crippen LogP contribution in [0.15, 0.2) is 12.2 Å². The van der Waals surface area contributed by atoms with Crippen LogP contribution in [-0.2, 0) is 19.1 Å².